The molecule has 0 radical (unpaired) electrons. The zero-order valence-corrected chi connectivity index (χ0v) is 6.71. The summed E-state index contributed by atoms with van der Waals surface area (Å²) in [5, 5.41) is 17.5. The van der Waals surface area contributed by atoms with Crippen molar-refractivity contribution in [2.75, 3.05) is 5.73 Å². The van der Waals surface area contributed by atoms with Crippen molar-refractivity contribution in [2.45, 2.75) is 0 Å². The van der Waals surface area contributed by atoms with E-state index in [1.54, 1.807) is 0 Å². The summed E-state index contributed by atoms with van der Waals surface area (Å²) >= 11 is 0. The van der Waals surface area contributed by atoms with Gasteiger partial charge in [0.05, 0.1) is 0 Å². The fourth-order valence-electron chi connectivity index (χ4n) is 0.867. The molecule has 0 spiro atoms. The van der Waals surface area contributed by atoms with E-state index in [0.717, 1.165) is 4.57 Å². The molecule has 0 aliphatic heterocycles. The lowest BCUT2D eigenvalue weighted by atomic mass is 10.2. The molecule has 1 aromatic rings. The first kappa shape index (κ1) is 9.06. The third kappa shape index (κ3) is 1.10. The molecule has 0 saturated carbocycles. The van der Waals surface area contributed by atoms with Crippen LogP contribution in [0, 0.1) is 17.1 Å². The van der Waals surface area contributed by atoms with Crippen LogP contribution in [-0.2, 0) is 7.05 Å². The normalized spacial score (nSPS) is 9.62. The van der Waals surface area contributed by atoms with E-state index < -0.39 is 22.7 Å². The number of anilines is 1. The number of nitrogen functional groups attached to an aromatic ring is 1. The summed E-state index contributed by atoms with van der Waals surface area (Å²) in [6.07, 6.45) is 0. The van der Waals surface area contributed by atoms with Crippen molar-refractivity contribution in [1.29, 1.82) is 5.26 Å². The van der Waals surface area contributed by atoms with Gasteiger partial charge in [-0.05, 0) is 0 Å². The van der Waals surface area contributed by atoms with Crippen molar-refractivity contribution in [2.24, 2.45) is 7.05 Å². The lowest BCUT2D eigenvalue weighted by Crippen LogP contribution is -2.24. The average molecular weight is 183 g/mol. The van der Waals surface area contributed by atoms with E-state index in [9.17, 15) is 9.18 Å². The first-order valence-corrected chi connectivity index (χ1v) is 3.27. The molecule has 68 valence electrons. The van der Waals surface area contributed by atoms with E-state index >= 15 is 0 Å². The monoisotopic (exact) mass is 183 g/mol. The summed E-state index contributed by atoms with van der Waals surface area (Å²) in [5.41, 5.74) is 3.79. The first-order valence-electron chi connectivity index (χ1n) is 3.27. The molecule has 0 aromatic carbocycles. The van der Waals surface area contributed by atoms with E-state index in [0.29, 0.717) is 0 Å². The maximum Gasteiger partial charge on any atom is 0.291 e. The number of nitrogens with two attached hydrogens (primary N) is 1. The highest BCUT2D eigenvalue weighted by molar-refractivity contribution is 5.56. The van der Waals surface area contributed by atoms with Crippen molar-refractivity contribution >= 4 is 5.82 Å². The first-order chi connectivity index (χ1) is 6.00. The molecule has 0 saturated heterocycles. The van der Waals surface area contributed by atoms with Crippen LogP contribution in [0.25, 0.3) is 0 Å². The molecule has 0 aliphatic rings. The van der Waals surface area contributed by atoms with Gasteiger partial charge in [-0.3, -0.25) is 9.36 Å². The van der Waals surface area contributed by atoms with Gasteiger partial charge in [-0.2, -0.15) is 9.65 Å². The quantitative estimate of drug-likeness (QED) is 0.576. The molecule has 0 fully saturated rings. The van der Waals surface area contributed by atoms with Crippen LogP contribution >= 0.6 is 0 Å². The van der Waals surface area contributed by atoms with E-state index in [1.165, 1.54) is 13.1 Å². The maximum absolute atomic E-state index is 12.8. The lowest BCUT2D eigenvalue weighted by molar-refractivity contribution is 0.421. The Morgan fingerprint density at radius 1 is 1.69 bits per heavy atom. The number of hydrogen-bond donors (Lipinski definition) is 2. The molecular formula is C7H6FN3O2. The lowest BCUT2D eigenvalue weighted by Gasteiger charge is -2.06. The number of nitrogens with zero attached hydrogens (tertiary/aromatic N) is 2. The predicted octanol–water partition coefficient (Wildman–Crippen LogP) is -0.316. The number of aromatic nitrogens is 1. The van der Waals surface area contributed by atoms with Gasteiger partial charge in [0.2, 0.25) is 5.82 Å². The number of halogens is 1. The van der Waals surface area contributed by atoms with Gasteiger partial charge in [-0.25, -0.2) is 0 Å². The van der Waals surface area contributed by atoms with Gasteiger partial charge in [0.15, 0.2) is 5.75 Å². The van der Waals surface area contributed by atoms with Crippen molar-refractivity contribution in [1.82, 2.24) is 4.57 Å². The SMILES string of the molecule is Cn1c(N)c(C#N)c(O)c(F)c1=O. The molecule has 0 unspecified atom stereocenters. The molecule has 0 bridgehead atoms. The predicted molar refractivity (Wildman–Crippen MR) is 42.4 cm³/mol. The fourth-order valence-corrected chi connectivity index (χ4v) is 0.867. The Morgan fingerprint density at radius 3 is 2.69 bits per heavy atom. The Kier molecular flexibility index (Phi) is 1.94. The molecule has 5 nitrogen and oxygen atoms in total. The van der Waals surface area contributed by atoms with Crippen LogP contribution in [0.15, 0.2) is 4.79 Å². The Hall–Kier alpha value is -2.03. The third-order valence-electron chi connectivity index (χ3n) is 1.67. The van der Waals surface area contributed by atoms with Crippen LogP contribution < -0.4 is 11.3 Å². The summed E-state index contributed by atoms with van der Waals surface area (Å²) in [6, 6.07) is 1.50. The second-order valence-electron chi connectivity index (χ2n) is 2.40. The van der Waals surface area contributed by atoms with Crippen LogP contribution in [-0.4, -0.2) is 9.67 Å². The number of rotatable bonds is 0. The van der Waals surface area contributed by atoms with Gasteiger partial charge in [-0.1, -0.05) is 0 Å². The molecule has 1 rings (SSSR count). The Labute approximate surface area is 72.4 Å². The fraction of sp³-hybridized carbons (Fsp3) is 0.143. The Morgan fingerprint density at radius 2 is 2.23 bits per heavy atom. The molecular weight excluding hydrogens is 177 g/mol. The largest absolute Gasteiger partial charge is 0.504 e. The van der Waals surface area contributed by atoms with Gasteiger partial charge in [0, 0.05) is 7.05 Å². The number of hydrogen-bond acceptors (Lipinski definition) is 4. The highest BCUT2D eigenvalue weighted by atomic mass is 19.1. The summed E-state index contributed by atoms with van der Waals surface area (Å²) in [6.45, 7) is 0. The Bertz CT molecular complexity index is 426. The van der Waals surface area contributed by atoms with E-state index in [-0.39, 0.29) is 5.82 Å². The topological polar surface area (TPSA) is 92.0 Å². The minimum absolute atomic E-state index is 0.258. The smallest absolute Gasteiger partial charge is 0.291 e. The molecule has 6 heteroatoms. The molecule has 0 atom stereocenters. The van der Waals surface area contributed by atoms with Gasteiger partial charge < -0.3 is 10.8 Å². The molecule has 3 N–H and O–H groups in total. The molecule has 1 aromatic heterocycles. The zero-order valence-electron chi connectivity index (χ0n) is 6.71. The van der Waals surface area contributed by atoms with Crippen molar-refractivity contribution in [3.8, 4) is 11.8 Å². The van der Waals surface area contributed by atoms with E-state index in [1.807, 2.05) is 0 Å². The highest BCUT2D eigenvalue weighted by Gasteiger charge is 2.17. The summed E-state index contributed by atoms with van der Waals surface area (Å²) < 4.78 is 13.6. The Balaban J connectivity index is 3.80. The summed E-state index contributed by atoms with van der Waals surface area (Å²) in [7, 11) is 1.21. The standard InChI is InChI=1S/C7H6FN3O2/c1-11-6(10)3(2-9)5(12)4(8)7(11)13/h12H,10H2,1H3. The number of nitriles is 1. The molecule has 13 heavy (non-hydrogen) atoms. The van der Waals surface area contributed by atoms with Gasteiger partial charge >= 0.3 is 0 Å². The van der Waals surface area contributed by atoms with Crippen LogP contribution in [0.4, 0.5) is 10.2 Å². The molecule has 1 heterocycles. The average Bonchev–Trinajstić information content (AvgIpc) is 2.13. The van der Waals surface area contributed by atoms with Gasteiger partial charge in [-0.15, -0.1) is 0 Å². The van der Waals surface area contributed by atoms with Crippen LogP contribution in [0.1, 0.15) is 5.56 Å². The van der Waals surface area contributed by atoms with Crippen molar-refractivity contribution in [3.05, 3.63) is 21.7 Å². The number of pyridine rings is 1. The highest BCUT2D eigenvalue weighted by Crippen LogP contribution is 2.21. The number of aromatic hydroxyl groups is 1. The second kappa shape index (κ2) is 2.79. The van der Waals surface area contributed by atoms with Gasteiger partial charge in [0.1, 0.15) is 17.5 Å². The van der Waals surface area contributed by atoms with Crippen LogP contribution in [0.3, 0.4) is 0 Å². The van der Waals surface area contributed by atoms with Crippen molar-refractivity contribution in [3.63, 3.8) is 0 Å². The van der Waals surface area contributed by atoms with Crippen LogP contribution in [0.2, 0.25) is 0 Å². The third-order valence-corrected chi connectivity index (χ3v) is 1.67. The second-order valence-corrected chi connectivity index (χ2v) is 2.40. The summed E-state index contributed by atoms with van der Waals surface area (Å²) in [4.78, 5) is 10.9. The maximum atomic E-state index is 12.8. The molecule has 0 aliphatic carbocycles. The molecule has 0 amide bonds. The minimum atomic E-state index is -1.37. The minimum Gasteiger partial charge on any atom is -0.504 e. The zero-order chi connectivity index (χ0) is 10.2. The van der Waals surface area contributed by atoms with Crippen LogP contribution in [0.5, 0.6) is 5.75 Å². The summed E-state index contributed by atoms with van der Waals surface area (Å²) in [5.74, 6) is -2.62. The van der Waals surface area contributed by atoms with Gasteiger partial charge in [0.25, 0.3) is 5.56 Å². The van der Waals surface area contributed by atoms with E-state index in [4.69, 9.17) is 16.1 Å². The van der Waals surface area contributed by atoms with Crippen molar-refractivity contribution < 1.29 is 9.50 Å². The van der Waals surface area contributed by atoms with E-state index in [2.05, 4.69) is 0 Å².